The largest absolute Gasteiger partial charge is 0.395 e. The smallest absolute Gasteiger partial charge is 0.303 e. The van der Waals surface area contributed by atoms with Gasteiger partial charge in [-0.05, 0) is 12.8 Å². The van der Waals surface area contributed by atoms with E-state index in [9.17, 15) is 13.5 Å². The molecule has 0 saturated carbocycles. The Balaban J connectivity index is 2.13. The fourth-order valence-corrected chi connectivity index (χ4v) is 3.97. The predicted octanol–water partition coefficient (Wildman–Crippen LogP) is 0.0416. The highest BCUT2D eigenvalue weighted by Crippen LogP contribution is 2.22. The molecule has 2 N–H and O–H groups in total. The number of anilines is 1. The first-order valence-corrected chi connectivity index (χ1v) is 7.62. The van der Waals surface area contributed by atoms with Crippen molar-refractivity contribution in [1.82, 2.24) is 14.5 Å². The van der Waals surface area contributed by atoms with Gasteiger partial charge in [0.25, 0.3) is 0 Å². The maximum atomic E-state index is 12.1. The van der Waals surface area contributed by atoms with E-state index in [1.54, 1.807) is 0 Å². The third-order valence-corrected chi connectivity index (χ3v) is 4.95. The lowest BCUT2D eigenvalue weighted by Crippen LogP contribution is -2.47. The van der Waals surface area contributed by atoms with Crippen LogP contribution in [0.4, 0.5) is 5.13 Å². The van der Waals surface area contributed by atoms with E-state index in [0.717, 1.165) is 24.2 Å². The highest BCUT2D eigenvalue weighted by Gasteiger charge is 2.32. The van der Waals surface area contributed by atoms with Gasteiger partial charge >= 0.3 is 10.2 Å². The van der Waals surface area contributed by atoms with Crippen molar-refractivity contribution in [3.8, 4) is 0 Å². The van der Waals surface area contributed by atoms with E-state index < -0.39 is 10.2 Å². The standard InChI is InChI=1S/C8H14N4O3S2/c13-5-7-3-1-2-4-12(7)17(14,15)11-8-10-9-6-16-8/h6-7,13H,1-5H2,(H,10,11). The molecule has 0 amide bonds. The third-order valence-electron chi connectivity index (χ3n) is 2.67. The number of rotatable bonds is 4. The minimum Gasteiger partial charge on any atom is -0.395 e. The number of piperidine rings is 1. The fraction of sp³-hybridized carbons (Fsp3) is 0.750. The quantitative estimate of drug-likeness (QED) is 0.811. The molecule has 1 aliphatic rings. The Kier molecular flexibility index (Phi) is 3.92. The lowest BCUT2D eigenvalue weighted by Gasteiger charge is -2.32. The van der Waals surface area contributed by atoms with Gasteiger partial charge in [0.1, 0.15) is 5.51 Å². The average molecular weight is 278 g/mol. The Morgan fingerprint density at radius 2 is 2.41 bits per heavy atom. The molecule has 1 fully saturated rings. The Labute approximate surface area is 104 Å². The van der Waals surface area contributed by atoms with Crippen LogP contribution in [0.5, 0.6) is 0 Å². The second-order valence-corrected chi connectivity index (χ2v) is 6.25. The minimum atomic E-state index is -3.64. The van der Waals surface area contributed by atoms with Gasteiger partial charge in [-0.15, -0.1) is 10.2 Å². The predicted molar refractivity (Wildman–Crippen MR) is 63.9 cm³/mol. The number of aliphatic hydroxyl groups excluding tert-OH is 1. The van der Waals surface area contributed by atoms with Crippen molar-refractivity contribution in [1.29, 1.82) is 0 Å². The molecule has 0 radical (unpaired) electrons. The molecule has 0 spiro atoms. The first kappa shape index (κ1) is 12.7. The summed E-state index contributed by atoms with van der Waals surface area (Å²) in [6.07, 6.45) is 2.44. The van der Waals surface area contributed by atoms with Crippen LogP contribution in [0.1, 0.15) is 19.3 Å². The summed E-state index contributed by atoms with van der Waals surface area (Å²) in [5.74, 6) is 0. The summed E-state index contributed by atoms with van der Waals surface area (Å²) in [5.41, 5.74) is 1.46. The van der Waals surface area contributed by atoms with Crippen molar-refractivity contribution in [2.75, 3.05) is 17.9 Å². The number of nitrogens with one attached hydrogen (secondary N) is 1. The number of aromatic nitrogens is 2. The first-order chi connectivity index (χ1) is 8.13. The van der Waals surface area contributed by atoms with E-state index in [1.807, 2.05) is 0 Å². The molecule has 1 unspecified atom stereocenters. The number of hydrogen-bond acceptors (Lipinski definition) is 6. The van der Waals surface area contributed by atoms with Gasteiger partial charge in [0.05, 0.1) is 6.61 Å². The molecule has 0 aliphatic carbocycles. The molecule has 9 heteroatoms. The second kappa shape index (κ2) is 5.25. The topological polar surface area (TPSA) is 95.4 Å². The molecule has 1 saturated heterocycles. The Morgan fingerprint density at radius 3 is 3.06 bits per heavy atom. The normalized spacial score (nSPS) is 22.5. The molecule has 2 heterocycles. The zero-order chi connectivity index (χ0) is 12.3. The van der Waals surface area contributed by atoms with Gasteiger partial charge in [0.15, 0.2) is 0 Å². The van der Waals surface area contributed by atoms with E-state index in [1.165, 1.54) is 9.82 Å². The maximum Gasteiger partial charge on any atom is 0.303 e. The third kappa shape index (κ3) is 2.92. The fourth-order valence-electron chi connectivity index (χ4n) is 1.86. The zero-order valence-electron chi connectivity index (χ0n) is 9.11. The molecule has 0 aromatic carbocycles. The molecular weight excluding hydrogens is 264 g/mol. The number of hydrogen-bond donors (Lipinski definition) is 2. The number of aliphatic hydroxyl groups is 1. The van der Waals surface area contributed by atoms with E-state index in [4.69, 9.17) is 0 Å². The summed E-state index contributed by atoms with van der Waals surface area (Å²) in [6, 6.07) is -0.339. The molecule has 1 aromatic heterocycles. The molecule has 1 atom stereocenters. The molecule has 7 nitrogen and oxygen atoms in total. The zero-order valence-corrected chi connectivity index (χ0v) is 10.7. The van der Waals surface area contributed by atoms with Crippen LogP contribution in [-0.4, -0.2) is 47.2 Å². The summed E-state index contributed by atoms with van der Waals surface area (Å²) in [7, 11) is -3.64. The van der Waals surface area contributed by atoms with Crippen molar-refractivity contribution in [3.05, 3.63) is 5.51 Å². The minimum absolute atomic E-state index is 0.156. The molecule has 2 rings (SSSR count). The van der Waals surface area contributed by atoms with Crippen molar-refractivity contribution in [2.24, 2.45) is 0 Å². The van der Waals surface area contributed by atoms with Gasteiger partial charge in [0, 0.05) is 12.6 Å². The van der Waals surface area contributed by atoms with Crippen LogP contribution in [0.25, 0.3) is 0 Å². The van der Waals surface area contributed by atoms with E-state index in [-0.39, 0.29) is 17.8 Å². The Bertz CT molecular complexity index is 447. The van der Waals surface area contributed by atoms with Gasteiger partial charge in [0.2, 0.25) is 5.13 Å². The van der Waals surface area contributed by atoms with Crippen LogP contribution in [0.3, 0.4) is 0 Å². The van der Waals surface area contributed by atoms with E-state index in [0.29, 0.717) is 13.0 Å². The maximum absolute atomic E-state index is 12.1. The van der Waals surface area contributed by atoms with Crippen LogP contribution < -0.4 is 4.72 Å². The van der Waals surface area contributed by atoms with Crippen LogP contribution in [0, 0.1) is 0 Å². The van der Waals surface area contributed by atoms with Crippen molar-refractivity contribution < 1.29 is 13.5 Å². The average Bonchev–Trinajstić information content (AvgIpc) is 2.81. The Hall–Kier alpha value is -0.770. The van der Waals surface area contributed by atoms with E-state index >= 15 is 0 Å². The van der Waals surface area contributed by atoms with E-state index in [2.05, 4.69) is 14.9 Å². The second-order valence-electron chi connectivity index (χ2n) is 3.79. The van der Waals surface area contributed by atoms with Crippen LogP contribution >= 0.6 is 11.3 Å². The SMILES string of the molecule is O=S(=O)(Nc1nncs1)N1CCCCC1CO. The summed E-state index contributed by atoms with van der Waals surface area (Å²) in [6.45, 7) is 0.274. The van der Waals surface area contributed by atoms with Gasteiger partial charge < -0.3 is 5.11 Å². The van der Waals surface area contributed by atoms with Gasteiger partial charge in [-0.3, -0.25) is 0 Å². The van der Waals surface area contributed by atoms with Gasteiger partial charge in [-0.1, -0.05) is 17.8 Å². The summed E-state index contributed by atoms with van der Waals surface area (Å²) in [5, 5.41) is 16.6. The highest BCUT2D eigenvalue weighted by atomic mass is 32.2. The van der Waals surface area contributed by atoms with Crippen molar-refractivity contribution in [3.63, 3.8) is 0 Å². The van der Waals surface area contributed by atoms with Gasteiger partial charge in [-0.25, -0.2) is 4.72 Å². The lowest BCUT2D eigenvalue weighted by atomic mass is 10.1. The van der Waals surface area contributed by atoms with Gasteiger partial charge in [-0.2, -0.15) is 12.7 Å². The van der Waals surface area contributed by atoms with Crippen LogP contribution in [0.2, 0.25) is 0 Å². The Morgan fingerprint density at radius 1 is 1.59 bits per heavy atom. The highest BCUT2D eigenvalue weighted by molar-refractivity contribution is 7.90. The summed E-state index contributed by atoms with van der Waals surface area (Å²) < 4.78 is 27.8. The molecule has 96 valence electrons. The van der Waals surface area contributed by atoms with Crippen molar-refractivity contribution in [2.45, 2.75) is 25.3 Å². The molecule has 17 heavy (non-hydrogen) atoms. The van der Waals surface area contributed by atoms with Crippen LogP contribution in [-0.2, 0) is 10.2 Å². The van der Waals surface area contributed by atoms with Crippen molar-refractivity contribution >= 4 is 26.7 Å². The number of nitrogens with zero attached hydrogens (tertiary/aromatic N) is 3. The molecule has 1 aromatic rings. The van der Waals surface area contributed by atoms with Crippen LogP contribution in [0.15, 0.2) is 5.51 Å². The first-order valence-electron chi connectivity index (χ1n) is 5.30. The summed E-state index contributed by atoms with van der Waals surface area (Å²) in [4.78, 5) is 0. The molecule has 0 bridgehead atoms. The molecule has 1 aliphatic heterocycles. The monoisotopic (exact) mass is 278 g/mol. The summed E-state index contributed by atoms with van der Waals surface area (Å²) >= 11 is 1.12. The lowest BCUT2D eigenvalue weighted by molar-refractivity contribution is 0.156. The molecular formula is C8H14N4O3S2.